The minimum atomic E-state index is 0.608. The molecule has 0 bridgehead atoms. The fourth-order valence-electron chi connectivity index (χ4n) is 3.00. The second-order valence-electron chi connectivity index (χ2n) is 5.65. The van der Waals surface area contributed by atoms with Crippen LogP contribution in [0.25, 0.3) is 0 Å². The van der Waals surface area contributed by atoms with Crippen LogP contribution in [0, 0.1) is 0 Å². The Balaban J connectivity index is 1.63. The summed E-state index contributed by atoms with van der Waals surface area (Å²) in [4.78, 5) is 4.35. The minimum Gasteiger partial charge on any atom is -0.497 e. The van der Waals surface area contributed by atoms with Crippen LogP contribution in [0.1, 0.15) is 30.0 Å². The van der Waals surface area contributed by atoms with Crippen molar-refractivity contribution in [2.75, 3.05) is 20.2 Å². The standard InChI is InChI=1S/C17H23N3O/c1-21-16-6-4-14(5-7-16)8-10-20-13-19-12-17(20)15-3-2-9-18-11-15/h4-7,12-13,15,18H,2-3,8-11H2,1H3. The molecule has 4 nitrogen and oxygen atoms in total. The van der Waals surface area contributed by atoms with Gasteiger partial charge in [0, 0.05) is 30.9 Å². The lowest BCUT2D eigenvalue weighted by Gasteiger charge is -2.23. The zero-order chi connectivity index (χ0) is 14.5. The van der Waals surface area contributed by atoms with E-state index in [1.165, 1.54) is 24.1 Å². The van der Waals surface area contributed by atoms with Crippen molar-refractivity contribution >= 4 is 0 Å². The molecule has 0 amide bonds. The molecule has 0 saturated carbocycles. The van der Waals surface area contributed by atoms with E-state index in [0.717, 1.165) is 31.8 Å². The van der Waals surface area contributed by atoms with Gasteiger partial charge >= 0.3 is 0 Å². The van der Waals surface area contributed by atoms with Crippen molar-refractivity contribution < 1.29 is 4.74 Å². The van der Waals surface area contributed by atoms with E-state index in [2.05, 4.69) is 27.0 Å². The van der Waals surface area contributed by atoms with E-state index in [4.69, 9.17) is 4.74 Å². The molecule has 1 unspecified atom stereocenters. The third kappa shape index (κ3) is 3.45. The SMILES string of the molecule is COc1ccc(CCn2cncc2C2CCCNC2)cc1. The summed E-state index contributed by atoms with van der Waals surface area (Å²) in [5.41, 5.74) is 2.70. The van der Waals surface area contributed by atoms with Crippen LogP contribution in [0.5, 0.6) is 5.75 Å². The van der Waals surface area contributed by atoms with Crippen LogP contribution in [0.15, 0.2) is 36.8 Å². The van der Waals surface area contributed by atoms with Gasteiger partial charge in [-0.05, 0) is 43.5 Å². The molecule has 4 heteroatoms. The first-order chi connectivity index (χ1) is 10.4. The van der Waals surface area contributed by atoms with E-state index in [1.54, 1.807) is 7.11 Å². The molecule has 1 aromatic carbocycles. The van der Waals surface area contributed by atoms with Crippen LogP contribution in [-0.4, -0.2) is 29.8 Å². The maximum Gasteiger partial charge on any atom is 0.118 e. The van der Waals surface area contributed by atoms with E-state index in [0.29, 0.717) is 5.92 Å². The molecule has 1 fully saturated rings. The van der Waals surface area contributed by atoms with Gasteiger partial charge in [-0.1, -0.05) is 12.1 Å². The van der Waals surface area contributed by atoms with E-state index >= 15 is 0 Å². The number of hydrogen-bond donors (Lipinski definition) is 1. The maximum absolute atomic E-state index is 5.20. The van der Waals surface area contributed by atoms with Crippen molar-refractivity contribution in [1.29, 1.82) is 0 Å². The summed E-state index contributed by atoms with van der Waals surface area (Å²) >= 11 is 0. The number of benzene rings is 1. The lowest BCUT2D eigenvalue weighted by atomic mass is 9.96. The molecule has 1 aliphatic rings. The Morgan fingerprint density at radius 2 is 2.19 bits per heavy atom. The first-order valence-electron chi connectivity index (χ1n) is 7.70. The second-order valence-corrected chi connectivity index (χ2v) is 5.65. The van der Waals surface area contributed by atoms with Gasteiger partial charge in [0.15, 0.2) is 0 Å². The van der Waals surface area contributed by atoms with Crippen LogP contribution in [0.2, 0.25) is 0 Å². The monoisotopic (exact) mass is 285 g/mol. The third-order valence-electron chi connectivity index (χ3n) is 4.26. The molecule has 112 valence electrons. The molecule has 1 atom stereocenters. The molecular formula is C17H23N3O. The van der Waals surface area contributed by atoms with Gasteiger partial charge in [0.05, 0.1) is 13.4 Å². The van der Waals surface area contributed by atoms with Gasteiger partial charge in [-0.2, -0.15) is 0 Å². The lowest BCUT2D eigenvalue weighted by Crippen LogP contribution is -2.29. The number of ether oxygens (including phenoxy) is 1. The quantitative estimate of drug-likeness (QED) is 0.918. The first-order valence-corrected chi connectivity index (χ1v) is 7.70. The summed E-state index contributed by atoms with van der Waals surface area (Å²) in [5, 5.41) is 3.48. The summed E-state index contributed by atoms with van der Waals surface area (Å²) in [6.07, 6.45) is 7.54. The molecule has 2 aromatic rings. The largest absolute Gasteiger partial charge is 0.497 e. The Hall–Kier alpha value is -1.81. The first kappa shape index (κ1) is 14.1. The Morgan fingerprint density at radius 1 is 1.33 bits per heavy atom. The van der Waals surface area contributed by atoms with Crippen molar-refractivity contribution in [1.82, 2.24) is 14.9 Å². The van der Waals surface area contributed by atoms with E-state index in [-0.39, 0.29) is 0 Å². The summed E-state index contributed by atoms with van der Waals surface area (Å²) in [6, 6.07) is 8.32. The molecule has 0 spiro atoms. The molecule has 1 aromatic heterocycles. The zero-order valence-corrected chi connectivity index (χ0v) is 12.6. The van der Waals surface area contributed by atoms with Crippen LogP contribution >= 0.6 is 0 Å². The molecule has 1 saturated heterocycles. The number of aromatic nitrogens is 2. The van der Waals surface area contributed by atoms with Gasteiger partial charge < -0.3 is 14.6 Å². The smallest absolute Gasteiger partial charge is 0.118 e. The molecule has 0 aliphatic carbocycles. The van der Waals surface area contributed by atoms with Crippen LogP contribution < -0.4 is 10.1 Å². The predicted molar refractivity (Wildman–Crippen MR) is 83.8 cm³/mol. The van der Waals surface area contributed by atoms with E-state index in [1.807, 2.05) is 24.7 Å². The second kappa shape index (κ2) is 6.76. The number of nitrogens with zero attached hydrogens (tertiary/aromatic N) is 2. The highest BCUT2D eigenvalue weighted by Crippen LogP contribution is 2.23. The van der Waals surface area contributed by atoms with Crippen molar-refractivity contribution in [3.63, 3.8) is 0 Å². The van der Waals surface area contributed by atoms with Gasteiger partial charge in [-0.15, -0.1) is 0 Å². The number of imidazole rings is 1. The Labute approximate surface area is 126 Å². The van der Waals surface area contributed by atoms with Crippen LogP contribution in [-0.2, 0) is 13.0 Å². The Bertz CT molecular complexity index is 556. The maximum atomic E-state index is 5.20. The lowest BCUT2D eigenvalue weighted by molar-refractivity contribution is 0.414. The fraction of sp³-hybridized carbons (Fsp3) is 0.471. The van der Waals surface area contributed by atoms with Gasteiger partial charge in [0.25, 0.3) is 0 Å². The number of aryl methyl sites for hydroxylation is 2. The topological polar surface area (TPSA) is 39.1 Å². The molecule has 21 heavy (non-hydrogen) atoms. The average Bonchev–Trinajstić information content (AvgIpc) is 3.03. The summed E-state index contributed by atoms with van der Waals surface area (Å²) in [6.45, 7) is 3.21. The van der Waals surface area contributed by atoms with Crippen LogP contribution in [0.3, 0.4) is 0 Å². The van der Waals surface area contributed by atoms with E-state index < -0.39 is 0 Å². The molecule has 2 heterocycles. The van der Waals surface area contributed by atoms with Crippen molar-refractivity contribution in [3.8, 4) is 5.75 Å². The Morgan fingerprint density at radius 3 is 2.90 bits per heavy atom. The normalized spacial score (nSPS) is 18.6. The minimum absolute atomic E-state index is 0.608. The number of hydrogen-bond acceptors (Lipinski definition) is 3. The number of methoxy groups -OCH3 is 1. The van der Waals surface area contributed by atoms with Gasteiger partial charge in [-0.25, -0.2) is 4.98 Å². The van der Waals surface area contributed by atoms with Gasteiger partial charge in [0.2, 0.25) is 0 Å². The van der Waals surface area contributed by atoms with Crippen LogP contribution in [0.4, 0.5) is 0 Å². The average molecular weight is 285 g/mol. The molecule has 3 rings (SSSR count). The number of nitrogens with one attached hydrogen (secondary N) is 1. The fourth-order valence-corrected chi connectivity index (χ4v) is 3.00. The summed E-state index contributed by atoms with van der Waals surface area (Å²) < 4.78 is 7.50. The van der Waals surface area contributed by atoms with Crippen molar-refractivity contribution in [3.05, 3.63) is 48.0 Å². The van der Waals surface area contributed by atoms with E-state index in [9.17, 15) is 0 Å². The predicted octanol–water partition coefficient (Wildman–Crippen LogP) is 2.60. The van der Waals surface area contributed by atoms with Crippen molar-refractivity contribution in [2.45, 2.75) is 31.7 Å². The summed E-state index contributed by atoms with van der Waals surface area (Å²) in [7, 11) is 1.70. The Kier molecular flexibility index (Phi) is 4.55. The van der Waals surface area contributed by atoms with Crippen molar-refractivity contribution in [2.24, 2.45) is 0 Å². The number of piperidine rings is 1. The van der Waals surface area contributed by atoms with Gasteiger partial charge in [0.1, 0.15) is 5.75 Å². The summed E-state index contributed by atoms with van der Waals surface area (Å²) in [5.74, 6) is 1.52. The number of rotatable bonds is 5. The molecule has 0 radical (unpaired) electrons. The molecule has 1 aliphatic heterocycles. The molecule has 1 N–H and O–H groups in total. The highest BCUT2D eigenvalue weighted by molar-refractivity contribution is 5.27. The zero-order valence-electron chi connectivity index (χ0n) is 12.6. The van der Waals surface area contributed by atoms with Gasteiger partial charge in [-0.3, -0.25) is 0 Å². The third-order valence-corrected chi connectivity index (χ3v) is 4.26. The highest BCUT2D eigenvalue weighted by Gasteiger charge is 2.18. The highest BCUT2D eigenvalue weighted by atomic mass is 16.5. The molecular weight excluding hydrogens is 262 g/mol.